The Kier molecular flexibility index (Phi) is 4.53. The SMILES string of the molecule is CC1(C)COCCN1c1ccc(NC(=O)c2ccc(F)cc2)cc1. The average molecular weight is 328 g/mol. The molecular formula is C19H21FN2O2. The molecule has 1 aliphatic rings. The van der Waals surface area contributed by atoms with E-state index >= 15 is 0 Å². The second-order valence-corrected chi connectivity index (χ2v) is 6.52. The molecule has 3 rings (SSSR count). The second kappa shape index (κ2) is 6.61. The van der Waals surface area contributed by atoms with Gasteiger partial charge in [0.05, 0.1) is 18.8 Å². The predicted molar refractivity (Wildman–Crippen MR) is 93.0 cm³/mol. The van der Waals surface area contributed by atoms with Gasteiger partial charge in [-0.2, -0.15) is 0 Å². The molecule has 0 atom stereocenters. The first-order valence-corrected chi connectivity index (χ1v) is 7.98. The molecule has 2 aromatic carbocycles. The van der Waals surface area contributed by atoms with Gasteiger partial charge in [0.1, 0.15) is 5.82 Å². The highest BCUT2D eigenvalue weighted by atomic mass is 19.1. The van der Waals surface area contributed by atoms with Gasteiger partial charge in [-0.3, -0.25) is 4.79 Å². The first-order chi connectivity index (χ1) is 11.5. The Morgan fingerprint density at radius 1 is 1.12 bits per heavy atom. The van der Waals surface area contributed by atoms with E-state index in [0.717, 1.165) is 12.2 Å². The fourth-order valence-corrected chi connectivity index (χ4v) is 2.87. The molecule has 4 nitrogen and oxygen atoms in total. The molecule has 0 spiro atoms. The minimum atomic E-state index is -0.357. The summed E-state index contributed by atoms with van der Waals surface area (Å²) in [7, 11) is 0. The number of amides is 1. The predicted octanol–water partition coefficient (Wildman–Crippen LogP) is 3.69. The van der Waals surface area contributed by atoms with Gasteiger partial charge >= 0.3 is 0 Å². The number of morpholine rings is 1. The van der Waals surface area contributed by atoms with Crippen molar-refractivity contribution in [2.75, 3.05) is 30.0 Å². The standard InChI is InChI=1S/C19H21FN2O2/c1-19(2)13-24-12-11-22(19)17-9-7-16(8-10-17)21-18(23)14-3-5-15(20)6-4-14/h3-10H,11-13H2,1-2H3,(H,21,23). The summed E-state index contributed by atoms with van der Waals surface area (Å²) in [5.74, 6) is -0.613. The van der Waals surface area contributed by atoms with Gasteiger partial charge in [0.15, 0.2) is 0 Å². The van der Waals surface area contributed by atoms with E-state index in [4.69, 9.17) is 4.74 Å². The molecule has 1 heterocycles. The maximum atomic E-state index is 12.9. The minimum absolute atomic E-state index is 0.0584. The van der Waals surface area contributed by atoms with E-state index < -0.39 is 0 Å². The monoisotopic (exact) mass is 328 g/mol. The first kappa shape index (κ1) is 16.5. The van der Waals surface area contributed by atoms with Crippen molar-refractivity contribution >= 4 is 17.3 Å². The third-order valence-electron chi connectivity index (χ3n) is 4.19. The Morgan fingerprint density at radius 3 is 2.42 bits per heavy atom. The third-order valence-corrected chi connectivity index (χ3v) is 4.19. The molecule has 0 bridgehead atoms. The van der Waals surface area contributed by atoms with Crippen LogP contribution in [-0.2, 0) is 4.74 Å². The van der Waals surface area contributed by atoms with Gasteiger partial charge in [-0.25, -0.2) is 4.39 Å². The first-order valence-electron chi connectivity index (χ1n) is 7.98. The fourth-order valence-electron chi connectivity index (χ4n) is 2.87. The number of rotatable bonds is 3. The minimum Gasteiger partial charge on any atom is -0.377 e. The number of hydrogen-bond donors (Lipinski definition) is 1. The molecule has 5 heteroatoms. The summed E-state index contributed by atoms with van der Waals surface area (Å²) in [6.07, 6.45) is 0. The summed E-state index contributed by atoms with van der Waals surface area (Å²) in [5.41, 5.74) is 2.17. The van der Waals surface area contributed by atoms with Crippen LogP contribution in [0.2, 0.25) is 0 Å². The molecule has 1 saturated heterocycles. The van der Waals surface area contributed by atoms with Gasteiger partial charge in [0.25, 0.3) is 5.91 Å². The van der Waals surface area contributed by atoms with Crippen molar-refractivity contribution in [2.45, 2.75) is 19.4 Å². The van der Waals surface area contributed by atoms with Crippen molar-refractivity contribution < 1.29 is 13.9 Å². The van der Waals surface area contributed by atoms with Crippen LogP contribution in [0.4, 0.5) is 15.8 Å². The fraction of sp³-hybridized carbons (Fsp3) is 0.316. The summed E-state index contributed by atoms with van der Waals surface area (Å²) in [4.78, 5) is 14.5. The molecule has 1 amide bonds. The number of carbonyl (C=O) groups is 1. The number of nitrogens with zero attached hydrogens (tertiary/aromatic N) is 1. The molecule has 24 heavy (non-hydrogen) atoms. The average Bonchev–Trinajstić information content (AvgIpc) is 2.56. The van der Waals surface area contributed by atoms with Crippen LogP contribution in [0.3, 0.4) is 0 Å². The summed E-state index contributed by atoms with van der Waals surface area (Å²) < 4.78 is 18.5. The molecule has 0 unspecified atom stereocenters. The Hall–Kier alpha value is -2.40. The highest BCUT2D eigenvalue weighted by Gasteiger charge is 2.30. The van der Waals surface area contributed by atoms with Crippen LogP contribution in [0, 0.1) is 5.82 Å². The highest BCUT2D eigenvalue weighted by Crippen LogP contribution is 2.28. The summed E-state index contributed by atoms with van der Waals surface area (Å²) in [6, 6.07) is 13.2. The van der Waals surface area contributed by atoms with Crippen LogP contribution >= 0.6 is 0 Å². The van der Waals surface area contributed by atoms with Crippen LogP contribution < -0.4 is 10.2 Å². The van der Waals surface area contributed by atoms with E-state index in [-0.39, 0.29) is 17.3 Å². The molecule has 126 valence electrons. The van der Waals surface area contributed by atoms with Crippen LogP contribution in [0.15, 0.2) is 48.5 Å². The lowest BCUT2D eigenvalue weighted by Gasteiger charge is -2.43. The van der Waals surface area contributed by atoms with E-state index in [9.17, 15) is 9.18 Å². The number of halogens is 1. The molecule has 0 saturated carbocycles. The smallest absolute Gasteiger partial charge is 0.255 e. The molecular weight excluding hydrogens is 307 g/mol. The van der Waals surface area contributed by atoms with Crippen molar-refractivity contribution in [3.05, 3.63) is 59.9 Å². The number of nitrogens with one attached hydrogen (secondary N) is 1. The second-order valence-electron chi connectivity index (χ2n) is 6.52. The maximum Gasteiger partial charge on any atom is 0.255 e. The summed E-state index contributed by atoms with van der Waals surface area (Å²) in [6.45, 7) is 6.55. The van der Waals surface area contributed by atoms with E-state index in [1.165, 1.54) is 24.3 Å². The van der Waals surface area contributed by atoms with Crippen LogP contribution in [0.25, 0.3) is 0 Å². The molecule has 0 aromatic heterocycles. The zero-order valence-corrected chi connectivity index (χ0v) is 13.9. The van der Waals surface area contributed by atoms with Gasteiger partial charge in [-0.15, -0.1) is 0 Å². The summed E-state index contributed by atoms with van der Waals surface area (Å²) in [5, 5.41) is 2.82. The summed E-state index contributed by atoms with van der Waals surface area (Å²) >= 11 is 0. The molecule has 1 aliphatic heterocycles. The molecule has 0 aliphatic carbocycles. The van der Waals surface area contributed by atoms with Crippen molar-refractivity contribution in [2.24, 2.45) is 0 Å². The van der Waals surface area contributed by atoms with Crippen LogP contribution in [-0.4, -0.2) is 31.2 Å². The highest BCUT2D eigenvalue weighted by molar-refractivity contribution is 6.04. The Bertz CT molecular complexity index is 711. The zero-order valence-electron chi connectivity index (χ0n) is 13.9. The number of carbonyl (C=O) groups excluding carboxylic acids is 1. The van der Waals surface area contributed by atoms with E-state index in [2.05, 4.69) is 24.1 Å². The van der Waals surface area contributed by atoms with Crippen molar-refractivity contribution in [3.63, 3.8) is 0 Å². The number of anilines is 2. The van der Waals surface area contributed by atoms with E-state index in [1.54, 1.807) is 0 Å². The molecule has 2 aromatic rings. The zero-order chi connectivity index (χ0) is 17.2. The number of benzene rings is 2. The van der Waals surface area contributed by atoms with Crippen molar-refractivity contribution in [1.29, 1.82) is 0 Å². The van der Waals surface area contributed by atoms with Crippen molar-refractivity contribution in [3.8, 4) is 0 Å². The van der Waals surface area contributed by atoms with Gasteiger partial charge in [0, 0.05) is 23.5 Å². The lowest BCUT2D eigenvalue weighted by Crippen LogP contribution is -2.53. The lowest BCUT2D eigenvalue weighted by molar-refractivity contribution is 0.0644. The third kappa shape index (κ3) is 3.57. The van der Waals surface area contributed by atoms with Gasteiger partial charge in [-0.1, -0.05) is 0 Å². The Balaban J connectivity index is 1.70. The Labute approximate surface area is 141 Å². The van der Waals surface area contributed by atoms with Crippen molar-refractivity contribution in [1.82, 2.24) is 0 Å². The van der Waals surface area contributed by atoms with E-state index in [1.807, 2.05) is 24.3 Å². The Morgan fingerprint density at radius 2 is 1.79 bits per heavy atom. The van der Waals surface area contributed by atoms with E-state index in [0.29, 0.717) is 24.5 Å². The van der Waals surface area contributed by atoms with Crippen LogP contribution in [0.1, 0.15) is 24.2 Å². The lowest BCUT2D eigenvalue weighted by atomic mass is 10.0. The van der Waals surface area contributed by atoms with Crippen LogP contribution in [0.5, 0.6) is 0 Å². The molecule has 1 fully saturated rings. The number of ether oxygens (including phenoxy) is 1. The number of hydrogen-bond acceptors (Lipinski definition) is 3. The quantitative estimate of drug-likeness (QED) is 0.934. The normalized spacial score (nSPS) is 16.7. The molecule has 1 N–H and O–H groups in total. The van der Waals surface area contributed by atoms with Gasteiger partial charge < -0.3 is 15.0 Å². The maximum absolute atomic E-state index is 12.9. The topological polar surface area (TPSA) is 41.6 Å². The largest absolute Gasteiger partial charge is 0.377 e. The van der Waals surface area contributed by atoms with Gasteiger partial charge in [-0.05, 0) is 62.4 Å². The van der Waals surface area contributed by atoms with Gasteiger partial charge in [0.2, 0.25) is 0 Å². The molecule has 0 radical (unpaired) electrons.